The minimum atomic E-state index is 0.653. The number of hydrogen-bond donors (Lipinski definition) is 1. The summed E-state index contributed by atoms with van der Waals surface area (Å²) in [5.41, 5.74) is 9.43. The van der Waals surface area contributed by atoms with Gasteiger partial charge < -0.3 is 10.3 Å². The fourth-order valence-corrected chi connectivity index (χ4v) is 2.33. The number of rotatable bonds is 2. The first-order valence-electron chi connectivity index (χ1n) is 5.87. The van der Waals surface area contributed by atoms with Crippen LogP contribution in [0.3, 0.4) is 0 Å². The van der Waals surface area contributed by atoms with E-state index in [-0.39, 0.29) is 0 Å². The van der Waals surface area contributed by atoms with Crippen molar-refractivity contribution in [1.29, 1.82) is 0 Å². The Morgan fingerprint density at radius 3 is 2.94 bits per heavy atom. The first-order chi connectivity index (χ1) is 7.65. The molecule has 3 rings (SSSR count). The number of nitrogens with zero attached hydrogens (tertiary/aromatic N) is 2. The van der Waals surface area contributed by atoms with Crippen molar-refractivity contribution in [3.8, 4) is 0 Å². The van der Waals surface area contributed by atoms with Crippen LogP contribution in [0.5, 0.6) is 0 Å². The maximum absolute atomic E-state index is 5.98. The third-order valence-electron chi connectivity index (χ3n) is 3.63. The summed E-state index contributed by atoms with van der Waals surface area (Å²) in [7, 11) is 0. The van der Waals surface area contributed by atoms with Crippen LogP contribution >= 0.6 is 0 Å². The van der Waals surface area contributed by atoms with Crippen LogP contribution in [-0.4, -0.2) is 9.55 Å². The van der Waals surface area contributed by atoms with E-state index < -0.39 is 0 Å². The molecule has 1 aromatic carbocycles. The summed E-state index contributed by atoms with van der Waals surface area (Å²) in [6.07, 6.45) is 1.32. The Labute approximate surface area is 95.3 Å². The van der Waals surface area contributed by atoms with Crippen LogP contribution in [0.15, 0.2) is 18.2 Å². The summed E-state index contributed by atoms with van der Waals surface area (Å²) in [6, 6.07) is 6.30. The van der Waals surface area contributed by atoms with E-state index in [0.717, 1.165) is 23.9 Å². The molecule has 84 valence electrons. The minimum Gasteiger partial charge on any atom is -0.369 e. The molecule has 0 aliphatic heterocycles. The molecule has 2 aromatic rings. The van der Waals surface area contributed by atoms with Gasteiger partial charge in [0.1, 0.15) is 0 Å². The van der Waals surface area contributed by atoms with Gasteiger partial charge in [-0.1, -0.05) is 13.0 Å². The molecule has 1 saturated carbocycles. The molecule has 0 bridgehead atoms. The highest BCUT2D eigenvalue weighted by atomic mass is 15.2. The van der Waals surface area contributed by atoms with Gasteiger partial charge in [-0.3, -0.25) is 0 Å². The fourth-order valence-electron chi connectivity index (χ4n) is 2.33. The van der Waals surface area contributed by atoms with Crippen LogP contribution in [0.4, 0.5) is 5.95 Å². The molecule has 16 heavy (non-hydrogen) atoms. The topological polar surface area (TPSA) is 43.8 Å². The molecular formula is C13H17N3. The molecule has 2 N–H and O–H groups in total. The fraction of sp³-hybridized carbons (Fsp3) is 0.462. The van der Waals surface area contributed by atoms with Crippen molar-refractivity contribution < 1.29 is 0 Å². The van der Waals surface area contributed by atoms with Gasteiger partial charge in [-0.2, -0.15) is 0 Å². The van der Waals surface area contributed by atoms with E-state index in [2.05, 4.69) is 35.5 Å². The third-order valence-corrected chi connectivity index (χ3v) is 3.63. The zero-order valence-electron chi connectivity index (χ0n) is 9.77. The van der Waals surface area contributed by atoms with Gasteiger partial charge in [0.2, 0.25) is 5.95 Å². The van der Waals surface area contributed by atoms with Crippen molar-refractivity contribution in [3.63, 3.8) is 0 Å². The highest BCUT2D eigenvalue weighted by Crippen LogP contribution is 2.40. The number of nitrogens with two attached hydrogens (primary N) is 1. The van der Waals surface area contributed by atoms with Crippen LogP contribution in [0.2, 0.25) is 0 Å². The second kappa shape index (κ2) is 3.24. The number of hydrogen-bond acceptors (Lipinski definition) is 2. The minimum absolute atomic E-state index is 0.653. The van der Waals surface area contributed by atoms with Crippen molar-refractivity contribution in [2.45, 2.75) is 26.8 Å². The Hall–Kier alpha value is -1.51. The number of anilines is 1. The summed E-state index contributed by atoms with van der Waals surface area (Å²) in [5, 5.41) is 0. The molecule has 3 heteroatoms. The predicted octanol–water partition coefficient (Wildman–Crippen LogP) is 2.58. The monoisotopic (exact) mass is 215 g/mol. The number of nitrogen functional groups attached to an aromatic ring is 1. The lowest BCUT2D eigenvalue weighted by Crippen LogP contribution is -2.05. The molecule has 1 aromatic heterocycles. The number of imidazole rings is 1. The Morgan fingerprint density at radius 2 is 2.25 bits per heavy atom. The lowest BCUT2D eigenvalue weighted by atomic mass is 10.2. The van der Waals surface area contributed by atoms with Gasteiger partial charge in [0.05, 0.1) is 11.0 Å². The van der Waals surface area contributed by atoms with Gasteiger partial charge in [0.25, 0.3) is 0 Å². The number of fused-ring (bicyclic) bond motifs is 1. The Morgan fingerprint density at radius 1 is 1.50 bits per heavy atom. The van der Waals surface area contributed by atoms with E-state index in [1.165, 1.54) is 17.5 Å². The van der Waals surface area contributed by atoms with Crippen LogP contribution in [0.25, 0.3) is 11.0 Å². The SMILES string of the molecule is Cc1ccc2nc(N)n(CC3CC3C)c2c1. The van der Waals surface area contributed by atoms with Gasteiger partial charge in [-0.15, -0.1) is 0 Å². The third kappa shape index (κ3) is 1.47. The standard InChI is InChI=1S/C13H17N3/c1-8-3-4-11-12(5-8)16(13(14)15-11)7-10-6-9(10)2/h3-5,9-10H,6-7H2,1-2H3,(H2,14,15). The quantitative estimate of drug-likeness (QED) is 0.836. The second-order valence-corrected chi connectivity index (χ2v) is 5.05. The van der Waals surface area contributed by atoms with Crippen molar-refractivity contribution in [3.05, 3.63) is 23.8 Å². The van der Waals surface area contributed by atoms with E-state index >= 15 is 0 Å². The molecule has 3 nitrogen and oxygen atoms in total. The van der Waals surface area contributed by atoms with E-state index in [1.54, 1.807) is 0 Å². The first-order valence-corrected chi connectivity index (χ1v) is 5.87. The molecule has 1 heterocycles. The number of aromatic nitrogens is 2. The Bertz CT molecular complexity index is 541. The number of aryl methyl sites for hydroxylation is 1. The molecule has 2 atom stereocenters. The molecule has 0 amide bonds. The largest absolute Gasteiger partial charge is 0.369 e. The van der Waals surface area contributed by atoms with Gasteiger partial charge in [-0.25, -0.2) is 4.98 Å². The average Bonchev–Trinajstić information content (AvgIpc) is 2.84. The zero-order valence-corrected chi connectivity index (χ0v) is 9.77. The maximum atomic E-state index is 5.98. The summed E-state index contributed by atoms with van der Waals surface area (Å²) in [6.45, 7) is 5.42. The number of benzene rings is 1. The normalized spacial score (nSPS) is 23.9. The highest BCUT2D eigenvalue weighted by molar-refractivity contribution is 5.79. The lowest BCUT2D eigenvalue weighted by Gasteiger charge is -2.05. The molecule has 2 unspecified atom stereocenters. The van der Waals surface area contributed by atoms with Crippen LogP contribution in [0.1, 0.15) is 18.9 Å². The summed E-state index contributed by atoms with van der Waals surface area (Å²) < 4.78 is 2.16. The summed E-state index contributed by atoms with van der Waals surface area (Å²) >= 11 is 0. The molecular weight excluding hydrogens is 198 g/mol. The van der Waals surface area contributed by atoms with Gasteiger partial charge >= 0.3 is 0 Å². The molecule has 0 radical (unpaired) electrons. The molecule has 1 aliphatic rings. The van der Waals surface area contributed by atoms with Crippen LogP contribution in [0, 0.1) is 18.8 Å². The van der Waals surface area contributed by atoms with Gasteiger partial charge in [0, 0.05) is 6.54 Å². The van der Waals surface area contributed by atoms with Crippen molar-refractivity contribution >= 4 is 17.0 Å². The maximum Gasteiger partial charge on any atom is 0.201 e. The highest BCUT2D eigenvalue weighted by Gasteiger charge is 2.33. The van der Waals surface area contributed by atoms with E-state index in [1.807, 2.05) is 6.07 Å². The van der Waals surface area contributed by atoms with Gasteiger partial charge in [-0.05, 0) is 42.9 Å². The van der Waals surface area contributed by atoms with E-state index in [0.29, 0.717) is 5.95 Å². The summed E-state index contributed by atoms with van der Waals surface area (Å²) in [4.78, 5) is 4.40. The van der Waals surface area contributed by atoms with Crippen molar-refractivity contribution in [2.75, 3.05) is 5.73 Å². The lowest BCUT2D eigenvalue weighted by molar-refractivity contribution is 0.612. The van der Waals surface area contributed by atoms with Gasteiger partial charge in [0.15, 0.2) is 0 Å². The first kappa shape index (κ1) is 9.70. The Kier molecular flexibility index (Phi) is 1.96. The average molecular weight is 215 g/mol. The second-order valence-electron chi connectivity index (χ2n) is 5.05. The predicted molar refractivity (Wildman–Crippen MR) is 66.2 cm³/mol. The molecule has 0 spiro atoms. The zero-order chi connectivity index (χ0) is 11.3. The van der Waals surface area contributed by atoms with E-state index in [4.69, 9.17) is 5.73 Å². The Balaban J connectivity index is 2.07. The van der Waals surface area contributed by atoms with Crippen molar-refractivity contribution in [2.24, 2.45) is 11.8 Å². The van der Waals surface area contributed by atoms with Crippen molar-refractivity contribution in [1.82, 2.24) is 9.55 Å². The molecule has 1 fully saturated rings. The van der Waals surface area contributed by atoms with Crippen LogP contribution in [-0.2, 0) is 6.54 Å². The molecule has 0 saturated heterocycles. The van der Waals surface area contributed by atoms with E-state index in [9.17, 15) is 0 Å². The summed E-state index contributed by atoms with van der Waals surface area (Å²) in [5.74, 6) is 2.29. The smallest absolute Gasteiger partial charge is 0.201 e. The molecule has 1 aliphatic carbocycles. The van der Waals surface area contributed by atoms with Crippen LogP contribution < -0.4 is 5.73 Å².